The molecular formula is C19H17Cl2NO5. The first-order valence-corrected chi connectivity index (χ1v) is 8.67. The second-order valence-electron chi connectivity index (χ2n) is 5.61. The van der Waals surface area contributed by atoms with Gasteiger partial charge in [0.1, 0.15) is 0 Å². The molecular weight excluding hydrogens is 393 g/mol. The fourth-order valence-electron chi connectivity index (χ4n) is 2.22. The van der Waals surface area contributed by atoms with Gasteiger partial charge in [0.15, 0.2) is 6.61 Å². The van der Waals surface area contributed by atoms with Crippen LogP contribution in [0, 0.1) is 0 Å². The predicted molar refractivity (Wildman–Crippen MR) is 101 cm³/mol. The minimum absolute atomic E-state index is 0.216. The van der Waals surface area contributed by atoms with E-state index in [9.17, 15) is 14.4 Å². The Morgan fingerprint density at radius 1 is 0.963 bits per heavy atom. The van der Waals surface area contributed by atoms with Gasteiger partial charge in [-0.15, -0.1) is 0 Å². The number of methoxy groups -OCH3 is 1. The zero-order chi connectivity index (χ0) is 20.0. The Hall–Kier alpha value is -2.57. The van der Waals surface area contributed by atoms with Gasteiger partial charge in [0.25, 0.3) is 5.91 Å². The van der Waals surface area contributed by atoms with Crippen LogP contribution in [0.15, 0.2) is 42.5 Å². The zero-order valence-corrected chi connectivity index (χ0v) is 16.1. The molecule has 6 nitrogen and oxygen atoms in total. The molecule has 27 heavy (non-hydrogen) atoms. The van der Waals surface area contributed by atoms with Crippen LogP contribution in [-0.4, -0.2) is 31.6 Å². The van der Waals surface area contributed by atoms with Crippen molar-refractivity contribution in [1.82, 2.24) is 5.32 Å². The number of carbonyl (C=O) groups is 3. The van der Waals surface area contributed by atoms with Gasteiger partial charge in [-0.2, -0.15) is 0 Å². The van der Waals surface area contributed by atoms with Gasteiger partial charge in [-0.3, -0.25) is 4.79 Å². The summed E-state index contributed by atoms with van der Waals surface area (Å²) >= 11 is 11.8. The standard InChI is InChI=1S/C19H17Cl2NO5/c1-11(14-7-8-15(20)16(21)9-14)22-17(23)10-27-19(25)13-5-3-12(4-6-13)18(24)26-2/h3-9,11H,10H2,1-2H3,(H,22,23). The molecule has 1 amide bonds. The molecule has 0 aliphatic heterocycles. The van der Waals surface area contributed by atoms with E-state index in [0.29, 0.717) is 15.6 Å². The normalized spacial score (nSPS) is 11.4. The van der Waals surface area contributed by atoms with E-state index >= 15 is 0 Å². The van der Waals surface area contributed by atoms with Crippen LogP contribution in [0.4, 0.5) is 0 Å². The van der Waals surface area contributed by atoms with Crippen LogP contribution in [0.2, 0.25) is 10.0 Å². The van der Waals surface area contributed by atoms with Crippen molar-refractivity contribution < 1.29 is 23.9 Å². The molecule has 0 fully saturated rings. The zero-order valence-electron chi connectivity index (χ0n) is 14.6. The van der Waals surface area contributed by atoms with Gasteiger partial charge in [-0.05, 0) is 48.9 Å². The van der Waals surface area contributed by atoms with Crippen LogP contribution < -0.4 is 5.32 Å². The van der Waals surface area contributed by atoms with E-state index in [0.717, 1.165) is 5.56 Å². The van der Waals surface area contributed by atoms with Crippen LogP contribution in [0.1, 0.15) is 39.2 Å². The average Bonchev–Trinajstić information content (AvgIpc) is 2.67. The van der Waals surface area contributed by atoms with Crippen LogP contribution in [-0.2, 0) is 14.3 Å². The maximum absolute atomic E-state index is 12.0. The van der Waals surface area contributed by atoms with Gasteiger partial charge >= 0.3 is 11.9 Å². The molecule has 0 radical (unpaired) electrons. The second-order valence-corrected chi connectivity index (χ2v) is 6.42. The first-order valence-electron chi connectivity index (χ1n) is 7.91. The van der Waals surface area contributed by atoms with Crippen molar-refractivity contribution >= 4 is 41.0 Å². The summed E-state index contributed by atoms with van der Waals surface area (Å²) < 4.78 is 9.56. The molecule has 0 aliphatic rings. The lowest BCUT2D eigenvalue weighted by atomic mass is 10.1. The summed E-state index contributed by atoms with van der Waals surface area (Å²) in [5.41, 5.74) is 1.29. The van der Waals surface area contributed by atoms with Gasteiger partial charge in [-0.25, -0.2) is 9.59 Å². The Bertz CT molecular complexity index is 852. The highest BCUT2D eigenvalue weighted by Crippen LogP contribution is 2.25. The summed E-state index contributed by atoms with van der Waals surface area (Å²) in [6.45, 7) is 1.33. The molecule has 0 heterocycles. The van der Waals surface area contributed by atoms with Crippen molar-refractivity contribution in [3.63, 3.8) is 0 Å². The first kappa shape index (κ1) is 20.7. The summed E-state index contributed by atoms with van der Waals surface area (Å²) in [7, 11) is 1.27. The number of benzene rings is 2. The molecule has 1 N–H and O–H groups in total. The Kier molecular flexibility index (Phi) is 7.21. The number of carbonyl (C=O) groups excluding carboxylic acids is 3. The van der Waals surface area contributed by atoms with E-state index in [1.165, 1.54) is 31.4 Å². The molecule has 8 heteroatoms. The highest BCUT2D eigenvalue weighted by molar-refractivity contribution is 6.42. The van der Waals surface area contributed by atoms with Crippen LogP contribution >= 0.6 is 23.2 Å². The lowest BCUT2D eigenvalue weighted by Crippen LogP contribution is -2.31. The van der Waals surface area contributed by atoms with Gasteiger partial charge in [0, 0.05) is 0 Å². The number of halogens is 2. The molecule has 0 aromatic heterocycles. The number of rotatable bonds is 6. The number of hydrogen-bond acceptors (Lipinski definition) is 5. The monoisotopic (exact) mass is 409 g/mol. The number of ether oxygens (including phenoxy) is 2. The predicted octanol–water partition coefficient (Wildman–Crippen LogP) is 3.81. The molecule has 0 bridgehead atoms. The maximum Gasteiger partial charge on any atom is 0.338 e. The highest BCUT2D eigenvalue weighted by Gasteiger charge is 2.15. The van der Waals surface area contributed by atoms with E-state index in [-0.39, 0.29) is 11.6 Å². The van der Waals surface area contributed by atoms with Gasteiger partial charge < -0.3 is 14.8 Å². The van der Waals surface area contributed by atoms with Crippen molar-refractivity contribution in [1.29, 1.82) is 0 Å². The van der Waals surface area contributed by atoms with Gasteiger partial charge in [-0.1, -0.05) is 29.3 Å². The summed E-state index contributed by atoms with van der Waals surface area (Å²) in [6, 6.07) is 10.4. The molecule has 142 valence electrons. The third-order valence-electron chi connectivity index (χ3n) is 3.70. The molecule has 0 saturated heterocycles. The average molecular weight is 410 g/mol. The number of esters is 2. The van der Waals surface area contributed by atoms with Crippen molar-refractivity contribution in [2.75, 3.05) is 13.7 Å². The molecule has 2 aromatic carbocycles. The largest absolute Gasteiger partial charge is 0.465 e. The second kappa shape index (κ2) is 9.39. The fourth-order valence-corrected chi connectivity index (χ4v) is 2.53. The Balaban J connectivity index is 1.88. The first-order chi connectivity index (χ1) is 12.8. The van der Waals surface area contributed by atoms with E-state index in [4.69, 9.17) is 27.9 Å². The Labute approximate surface area is 166 Å². The van der Waals surface area contributed by atoms with Gasteiger partial charge in [0.2, 0.25) is 0 Å². The van der Waals surface area contributed by atoms with Crippen LogP contribution in [0.25, 0.3) is 0 Å². The SMILES string of the molecule is COC(=O)c1ccc(C(=O)OCC(=O)NC(C)c2ccc(Cl)c(Cl)c2)cc1. The van der Waals surface area contributed by atoms with E-state index in [1.54, 1.807) is 25.1 Å². The minimum atomic E-state index is -0.677. The molecule has 0 spiro atoms. The van der Waals surface area contributed by atoms with Crippen molar-refractivity contribution in [2.45, 2.75) is 13.0 Å². The highest BCUT2D eigenvalue weighted by atomic mass is 35.5. The maximum atomic E-state index is 12.0. The third kappa shape index (κ3) is 5.70. The number of hydrogen-bond donors (Lipinski definition) is 1. The van der Waals surface area contributed by atoms with Crippen molar-refractivity contribution in [2.24, 2.45) is 0 Å². The van der Waals surface area contributed by atoms with Crippen molar-refractivity contribution in [3.8, 4) is 0 Å². The van der Waals surface area contributed by atoms with Crippen molar-refractivity contribution in [3.05, 3.63) is 69.2 Å². The fraction of sp³-hybridized carbons (Fsp3) is 0.211. The van der Waals surface area contributed by atoms with E-state index in [1.807, 2.05) is 0 Å². The quantitative estimate of drug-likeness (QED) is 0.733. The number of nitrogens with one attached hydrogen (secondary N) is 1. The number of amides is 1. The minimum Gasteiger partial charge on any atom is -0.465 e. The van der Waals surface area contributed by atoms with Crippen LogP contribution in [0.5, 0.6) is 0 Å². The molecule has 2 rings (SSSR count). The van der Waals surface area contributed by atoms with E-state index in [2.05, 4.69) is 10.1 Å². The summed E-state index contributed by atoms with van der Waals surface area (Å²) in [5.74, 6) is -1.65. The molecule has 0 saturated carbocycles. The van der Waals surface area contributed by atoms with Gasteiger partial charge in [0.05, 0.1) is 34.3 Å². The molecule has 1 unspecified atom stereocenters. The lowest BCUT2D eigenvalue weighted by Gasteiger charge is -2.15. The molecule has 0 aliphatic carbocycles. The molecule has 1 atom stereocenters. The van der Waals surface area contributed by atoms with E-state index < -0.39 is 24.5 Å². The Morgan fingerprint density at radius 2 is 1.56 bits per heavy atom. The summed E-state index contributed by atoms with van der Waals surface area (Å²) in [5, 5.41) is 3.51. The molecule has 2 aromatic rings. The summed E-state index contributed by atoms with van der Waals surface area (Å²) in [6.07, 6.45) is 0. The third-order valence-corrected chi connectivity index (χ3v) is 4.44. The summed E-state index contributed by atoms with van der Waals surface area (Å²) in [4.78, 5) is 35.3. The topological polar surface area (TPSA) is 81.7 Å². The Morgan fingerprint density at radius 3 is 2.11 bits per heavy atom. The van der Waals surface area contributed by atoms with Crippen LogP contribution in [0.3, 0.4) is 0 Å². The smallest absolute Gasteiger partial charge is 0.338 e. The lowest BCUT2D eigenvalue weighted by molar-refractivity contribution is -0.124.